The number of methoxy groups -OCH3 is 1. The number of rotatable bonds is 6. The number of hydrogen-bond donors (Lipinski definition) is 3. The molecule has 2 amide bonds. The molecule has 0 saturated heterocycles. The highest BCUT2D eigenvalue weighted by Crippen LogP contribution is 2.28. The molecule has 8 heteroatoms. The van der Waals surface area contributed by atoms with E-state index in [1.807, 2.05) is 0 Å². The number of nitrogens with zero attached hydrogens (tertiary/aromatic N) is 1. The Kier molecular flexibility index (Phi) is 5.76. The lowest BCUT2D eigenvalue weighted by molar-refractivity contribution is -0.136. The Morgan fingerprint density at radius 1 is 1.32 bits per heavy atom. The number of nitrogens with one attached hydrogen (secondary N) is 2. The number of carbonyl (C=O) groups is 3. The van der Waals surface area contributed by atoms with Gasteiger partial charge in [-0.1, -0.05) is 6.07 Å². The fourth-order valence-corrected chi connectivity index (χ4v) is 2.58. The molecule has 25 heavy (non-hydrogen) atoms. The monoisotopic (exact) mass is 347 g/mol. The van der Waals surface area contributed by atoms with E-state index in [-0.39, 0.29) is 36.9 Å². The number of esters is 1. The maximum atomic E-state index is 12.5. The fourth-order valence-electron chi connectivity index (χ4n) is 2.58. The Morgan fingerprint density at radius 2 is 2.00 bits per heavy atom. The quantitative estimate of drug-likeness (QED) is 0.652. The zero-order valence-electron chi connectivity index (χ0n) is 14.4. The van der Waals surface area contributed by atoms with E-state index in [2.05, 4.69) is 10.6 Å². The van der Waals surface area contributed by atoms with Crippen LogP contribution in [0.4, 0.5) is 11.4 Å². The van der Waals surface area contributed by atoms with Gasteiger partial charge in [-0.25, -0.2) is 4.79 Å². The normalized spacial score (nSPS) is 13.9. The Bertz CT molecular complexity index is 742. The molecule has 134 valence electrons. The van der Waals surface area contributed by atoms with Crippen molar-refractivity contribution >= 4 is 29.2 Å². The third-order valence-corrected chi connectivity index (χ3v) is 3.86. The zero-order valence-corrected chi connectivity index (χ0v) is 14.4. The van der Waals surface area contributed by atoms with Crippen molar-refractivity contribution in [3.05, 3.63) is 35.0 Å². The summed E-state index contributed by atoms with van der Waals surface area (Å²) in [7, 11) is 1.24. The third-order valence-electron chi connectivity index (χ3n) is 3.86. The second-order valence-electron chi connectivity index (χ2n) is 5.58. The molecular weight excluding hydrogens is 326 g/mol. The van der Waals surface area contributed by atoms with Crippen molar-refractivity contribution in [3.8, 4) is 0 Å². The lowest BCUT2D eigenvalue weighted by Gasteiger charge is -2.16. The molecule has 2 rings (SSSR count). The summed E-state index contributed by atoms with van der Waals surface area (Å²) in [6, 6.07) is 5.21. The maximum Gasteiger partial charge on any atom is 0.337 e. The van der Waals surface area contributed by atoms with Gasteiger partial charge in [-0.2, -0.15) is 0 Å². The van der Waals surface area contributed by atoms with Crippen molar-refractivity contribution in [2.24, 2.45) is 0 Å². The van der Waals surface area contributed by atoms with Gasteiger partial charge in [-0.15, -0.1) is 0 Å². The van der Waals surface area contributed by atoms with E-state index < -0.39 is 11.9 Å². The molecule has 1 aromatic carbocycles. The lowest BCUT2D eigenvalue weighted by atomic mass is 10.1. The summed E-state index contributed by atoms with van der Waals surface area (Å²) < 4.78 is 4.75. The van der Waals surface area contributed by atoms with Gasteiger partial charge in [0, 0.05) is 24.8 Å². The zero-order chi connectivity index (χ0) is 18.6. The molecule has 0 fully saturated rings. The van der Waals surface area contributed by atoms with Crippen molar-refractivity contribution in [1.29, 1.82) is 0 Å². The van der Waals surface area contributed by atoms with Crippen LogP contribution in [0, 0.1) is 6.92 Å². The number of amides is 2. The minimum atomic E-state index is -0.605. The third kappa shape index (κ3) is 3.97. The van der Waals surface area contributed by atoms with Crippen LogP contribution in [-0.4, -0.2) is 54.6 Å². The Hall–Kier alpha value is -2.87. The molecule has 1 aliphatic rings. The van der Waals surface area contributed by atoms with Crippen LogP contribution in [0.2, 0.25) is 0 Å². The van der Waals surface area contributed by atoms with Crippen molar-refractivity contribution in [2.75, 3.05) is 37.4 Å². The number of ether oxygens (including phenoxy) is 1. The molecule has 1 aliphatic heterocycles. The molecular formula is C17H21N3O5. The molecule has 0 aliphatic carbocycles. The molecule has 0 atom stereocenters. The van der Waals surface area contributed by atoms with Crippen LogP contribution in [0.3, 0.4) is 0 Å². The van der Waals surface area contributed by atoms with Gasteiger partial charge in [-0.05, 0) is 24.6 Å². The van der Waals surface area contributed by atoms with Crippen LogP contribution in [-0.2, 0) is 19.1 Å². The standard InChI is InChI=1S/C17H21N3O5/c1-10-13(18-11(2)22)5-4-6-14(10)19-15-12(17(24)25-3)9-20(7-8-21)16(15)23/h4-6,19,21H,7-9H2,1-3H3,(H,18,22). The first-order valence-electron chi connectivity index (χ1n) is 7.74. The smallest absolute Gasteiger partial charge is 0.337 e. The van der Waals surface area contributed by atoms with Crippen LogP contribution >= 0.6 is 0 Å². The predicted octanol–water partition coefficient (Wildman–Crippen LogP) is 0.627. The molecule has 0 spiro atoms. The van der Waals surface area contributed by atoms with Gasteiger partial charge < -0.3 is 25.4 Å². The number of β-amino-alcohol motifs (C(OH)–C–C–N with tert-alkyl or cyclic N) is 1. The summed E-state index contributed by atoms with van der Waals surface area (Å²) >= 11 is 0. The number of anilines is 2. The first-order valence-corrected chi connectivity index (χ1v) is 7.74. The Labute approximate surface area is 145 Å². The minimum Gasteiger partial charge on any atom is -0.466 e. The molecule has 0 radical (unpaired) electrons. The average molecular weight is 347 g/mol. The number of benzene rings is 1. The number of aliphatic hydroxyl groups is 1. The highest BCUT2D eigenvalue weighted by molar-refractivity contribution is 6.08. The van der Waals surface area contributed by atoms with E-state index >= 15 is 0 Å². The molecule has 1 heterocycles. The molecule has 0 unspecified atom stereocenters. The van der Waals surface area contributed by atoms with E-state index in [1.54, 1.807) is 25.1 Å². The van der Waals surface area contributed by atoms with Crippen LogP contribution in [0.15, 0.2) is 29.5 Å². The molecule has 3 N–H and O–H groups in total. The molecule has 0 saturated carbocycles. The summed E-state index contributed by atoms with van der Waals surface area (Å²) in [5, 5.41) is 14.8. The summed E-state index contributed by atoms with van der Waals surface area (Å²) in [6.45, 7) is 3.18. The van der Waals surface area contributed by atoms with E-state index in [0.29, 0.717) is 11.4 Å². The van der Waals surface area contributed by atoms with E-state index in [1.165, 1.54) is 18.9 Å². The predicted molar refractivity (Wildman–Crippen MR) is 91.8 cm³/mol. The lowest BCUT2D eigenvalue weighted by Crippen LogP contribution is -2.31. The highest BCUT2D eigenvalue weighted by Gasteiger charge is 2.34. The molecule has 0 bridgehead atoms. The highest BCUT2D eigenvalue weighted by atomic mass is 16.5. The van der Waals surface area contributed by atoms with Crippen LogP contribution < -0.4 is 10.6 Å². The topological polar surface area (TPSA) is 108 Å². The van der Waals surface area contributed by atoms with E-state index in [9.17, 15) is 14.4 Å². The number of aliphatic hydroxyl groups excluding tert-OH is 1. The van der Waals surface area contributed by atoms with Gasteiger partial charge in [0.2, 0.25) is 5.91 Å². The fraction of sp³-hybridized carbons (Fsp3) is 0.353. The van der Waals surface area contributed by atoms with Gasteiger partial charge in [0.25, 0.3) is 5.91 Å². The van der Waals surface area contributed by atoms with Crippen LogP contribution in [0.25, 0.3) is 0 Å². The number of hydrogen-bond acceptors (Lipinski definition) is 6. The van der Waals surface area contributed by atoms with Crippen molar-refractivity contribution < 1.29 is 24.2 Å². The Morgan fingerprint density at radius 3 is 2.60 bits per heavy atom. The first kappa shape index (κ1) is 18.5. The summed E-state index contributed by atoms with van der Waals surface area (Å²) in [5.41, 5.74) is 2.23. The summed E-state index contributed by atoms with van der Waals surface area (Å²) in [4.78, 5) is 37.2. The van der Waals surface area contributed by atoms with Crippen molar-refractivity contribution in [2.45, 2.75) is 13.8 Å². The van der Waals surface area contributed by atoms with Gasteiger partial charge >= 0.3 is 5.97 Å². The summed E-state index contributed by atoms with van der Waals surface area (Å²) in [5.74, 6) is -1.20. The molecule has 0 aromatic heterocycles. The van der Waals surface area contributed by atoms with Gasteiger partial charge in [0.05, 0.1) is 25.8 Å². The largest absolute Gasteiger partial charge is 0.466 e. The van der Waals surface area contributed by atoms with Crippen LogP contribution in [0.5, 0.6) is 0 Å². The van der Waals surface area contributed by atoms with Crippen molar-refractivity contribution in [3.63, 3.8) is 0 Å². The maximum absolute atomic E-state index is 12.5. The minimum absolute atomic E-state index is 0.0683. The van der Waals surface area contributed by atoms with E-state index in [0.717, 1.165) is 5.56 Å². The SMILES string of the molecule is COC(=O)C1=C(Nc2cccc(NC(C)=O)c2C)C(=O)N(CCO)C1. The summed E-state index contributed by atoms with van der Waals surface area (Å²) in [6.07, 6.45) is 0. The van der Waals surface area contributed by atoms with E-state index in [4.69, 9.17) is 9.84 Å². The van der Waals surface area contributed by atoms with Crippen molar-refractivity contribution in [1.82, 2.24) is 4.90 Å². The average Bonchev–Trinajstić information content (AvgIpc) is 2.87. The second-order valence-corrected chi connectivity index (χ2v) is 5.58. The molecule has 8 nitrogen and oxygen atoms in total. The molecule has 1 aromatic rings. The first-order chi connectivity index (χ1) is 11.9. The van der Waals surface area contributed by atoms with Gasteiger partial charge in [0.1, 0.15) is 5.70 Å². The van der Waals surface area contributed by atoms with Gasteiger partial charge in [0.15, 0.2) is 0 Å². The van der Waals surface area contributed by atoms with Crippen LogP contribution in [0.1, 0.15) is 12.5 Å². The Balaban J connectivity index is 2.37. The number of carbonyl (C=O) groups excluding carboxylic acids is 3. The second kappa shape index (κ2) is 7.80. The van der Waals surface area contributed by atoms with Gasteiger partial charge in [-0.3, -0.25) is 9.59 Å².